The van der Waals surface area contributed by atoms with Crippen LogP contribution in [0.4, 0.5) is 0 Å². The maximum atomic E-state index is 12.6. The maximum Gasteiger partial charge on any atom is 0.322 e. The lowest BCUT2D eigenvalue weighted by Crippen LogP contribution is -2.52. The number of rotatable bonds is 7. The molecule has 2 amide bonds. The number of nitrogens with zero attached hydrogens (tertiary/aromatic N) is 3. The number of ether oxygens (including phenoxy) is 1. The van der Waals surface area contributed by atoms with E-state index in [1.54, 1.807) is 4.90 Å². The average Bonchev–Trinajstić information content (AvgIpc) is 2.73. The fourth-order valence-corrected chi connectivity index (χ4v) is 4.21. The van der Waals surface area contributed by atoms with Gasteiger partial charge in [0.2, 0.25) is 15.9 Å². The van der Waals surface area contributed by atoms with Crippen LogP contribution in [0.2, 0.25) is 0 Å². The maximum absolute atomic E-state index is 12.6. The fourth-order valence-electron chi connectivity index (χ4n) is 3.09. The Kier molecular flexibility index (Phi) is 7.91. The van der Waals surface area contributed by atoms with Crippen molar-refractivity contribution >= 4 is 33.6 Å². The first-order valence-electron chi connectivity index (χ1n) is 9.74. The molecule has 1 aliphatic rings. The number of amides is 2. The molecule has 1 aliphatic heterocycles. The van der Waals surface area contributed by atoms with Gasteiger partial charge in [-0.1, -0.05) is 12.1 Å². The van der Waals surface area contributed by atoms with Crippen molar-refractivity contribution in [2.45, 2.75) is 31.8 Å². The first-order valence-corrected chi connectivity index (χ1v) is 11.2. The molecule has 1 aromatic carbocycles. The molecule has 1 fully saturated rings. The summed E-state index contributed by atoms with van der Waals surface area (Å²) in [5.74, 6) is -1.52. The van der Waals surface area contributed by atoms with Crippen molar-refractivity contribution in [1.29, 1.82) is 0 Å². The molecule has 170 valence electrons. The van der Waals surface area contributed by atoms with Crippen LogP contribution in [0.1, 0.15) is 31.1 Å². The van der Waals surface area contributed by atoms with Gasteiger partial charge in [0.05, 0.1) is 4.90 Å². The highest BCUT2D eigenvalue weighted by Crippen LogP contribution is 2.16. The Morgan fingerprint density at radius 3 is 2.00 bits per heavy atom. The van der Waals surface area contributed by atoms with Gasteiger partial charge in [0.1, 0.15) is 6.54 Å². The summed E-state index contributed by atoms with van der Waals surface area (Å²) in [6.45, 7) is 5.17. The molecule has 10 nitrogen and oxygen atoms in total. The van der Waals surface area contributed by atoms with Crippen molar-refractivity contribution in [3.8, 4) is 0 Å². The number of sulfonamides is 1. The van der Waals surface area contributed by atoms with E-state index in [4.69, 9.17) is 4.74 Å². The third-order valence-corrected chi connectivity index (χ3v) is 6.83. The van der Waals surface area contributed by atoms with E-state index in [2.05, 4.69) is 0 Å². The highest BCUT2D eigenvalue weighted by Gasteiger charge is 2.29. The van der Waals surface area contributed by atoms with Crippen LogP contribution < -0.4 is 0 Å². The van der Waals surface area contributed by atoms with Gasteiger partial charge >= 0.3 is 5.97 Å². The van der Waals surface area contributed by atoms with E-state index in [0.29, 0.717) is 31.7 Å². The molecular weight excluding hydrogens is 426 g/mol. The topological polar surface area (TPSA) is 121 Å². The molecule has 1 unspecified atom stereocenters. The lowest BCUT2D eigenvalue weighted by atomic mass is 10.2. The van der Waals surface area contributed by atoms with Crippen molar-refractivity contribution in [2.24, 2.45) is 0 Å². The standard InChI is InChI=1S/C20H27N3O7S/c1-14(24)17-5-7-18(8-6-17)31(28,29)21(4)13-19(26)30-15(2)20(27)23-11-9-22(10-12-23)16(3)25/h5-8,15H,9-13H2,1-4H3. The molecule has 0 N–H and O–H groups in total. The number of hydrogen-bond acceptors (Lipinski definition) is 7. The summed E-state index contributed by atoms with van der Waals surface area (Å²) in [5.41, 5.74) is 0.373. The van der Waals surface area contributed by atoms with E-state index in [1.807, 2.05) is 0 Å². The van der Waals surface area contributed by atoms with Gasteiger partial charge in [0.25, 0.3) is 5.91 Å². The van der Waals surface area contributed by atoms with E-state index in [0.717, 1.165) is 4.31 Å². The normalized spacial score (nSPS) is 15.5. The fraction of sp³-hybridized carbons (Fsp3) is 0.500. The SMILES string of the molecule is CC(=O)c1ccc(S(=O)(=O)N(C)CC(=O)OC(C)C(=O)N2CCN(C(C)=O)CC2)cc1. The summed E-state index contributed by atoms with van der Waals surface area (Å²) in [5, 5.41) is 0. The molecule has 0 bridgehead atoms. The van der Waals surface area contributed by atoms with Crippen LogP contribution in [0.25, 0.3) is 0 Å². The van der Waals surface area contributed by atoms with Gasteiger partial charge in [-0.05, 0) is 26.0 Å². The summed E-state index contributed by atoms with van der Waals surface area (Å²) in [6.07, 6.45) is -1.08. The Morgan fingerprint density at radius 2 is 1.52 bits per heavy atom. The van der Waals surface area contributed by atoms with Crippen LogP contribution >= 0.6 is 0 Å². The van der Waals surface area contributed by atoms with Gasteiger partial charge in [-0.3, -0.25) is 19.2 Å². The van der Waals surface area contributed by atoms with Crippen LogP contribution in [0.3, 0.4) is 0 Å². The Bertz CT molecular complexity index is 951. The summed E-state index contributed by atoms with van der Waals surface area (Å²) in [4.78, 5) is 50.5. The Balaban J connectivity index is 1.92. The van der Waals surface area contributed by atoms with E-state index in [9.17, 15) is 27.6 Å². The monoisotopic (exact) mass is 453 g/mol. The smallest absolute Gasteiger partial charge is 0.322 e. The molecule has 0 radical (unpaired) electrons. The molecule has 0 aliphatic carbocycles. The molecule has 1 heterocycles. The van der Waals surface area contributed by atoms with E-state index < -0.39 is 34.5 Å². The first-order chi connectivity index (χ1) is 14.4. The molecular formula is C20H27N3O7S. The minimum absolute atomic E-state index is 0.0632. The van der Waals surface area contributed by atoms with Crippen molar-refractivity contribution in [1.82, 2.24) is 14.1 Å². The number of hydrogen-bond donors (Lipinski definition) is 0. The second kappa shape index (κ2) is 10.0. The molecule has 1 saturated heterocycles. The van der Waals surface area contributed by atoms with Gasteiger partial charge in [0.15, 0.2) is 11.9 Å². The second-order valence-electron chi connectivity index (χ2n) is 7.31. The van der Waals surface area contributed by atoms with Crippen molar-refractivity contribution < 1.29 is 32.3 Å². The highest BCUT2D eigenvalue weighted by molar-refractivity contribution is 7.89. The summed E-state index contributed by atoms with van der Waals surface area (Å²) in [7, 11) is -2.75. The van der Waals surface area contributed by atoms with E-state index in [-0.39, 0.29) is 16.6 Å². The van der Waals surface area contributed by atoms with Crippen LogP contribution in [-0.2, 0) is 29.1 Å². The summed E-state index contributed by atoms with van der Waals surface area (Å²) >= 11 is 0. The van der Waals surface area contributed by atoms with E-state index in [1.165, 1.54) is 57.0 Å². The quantitative estimate of drug-likeness (QED) is 0.425. The minimum Gasteiger partial charge on any atom is -0.452 e. The Hall–Kier alpha value is -2.79. The zero-order valence-electron chi connectivity index (χ0n) is 18.0. The van der Waals surface area contributed by atoms with Gasteiger partial charge < -0.3 is 14.5 Å². The molecule has 0 saturated carbocycles. The number of Topliss-reactive ketones (excluding diaryl/α,β-unsaturated/α-hetero) is 1. The van der Waals surface area contributed by atoms with Gasteiger partial charge in [-0.25, -0.2) is 8.42 Å². The van der Waals surface area contributed by atoms with Crippen LogP contribution in [0.15, 0.2) is 29.2 Å². The lowest BCUT2D eigenvalue weighted by molar-refractivity contribution is -0.160. The molecule has 1 aromatic rings. The Labute approximate surface area is 181 Å². The number of esters is 1. The van der Waals surface area contributed by atoms with Crippen LogP contribution in [-0.4, -0.2) is 92.0 Å². The Morgan fingerprint density at radius 1 is 1.00 bits per heavy atom. The van der Waals surface area contributed by atoms with Crippen molar-refractivity contribution in [3.63, 3.8) is 0 Å². The predicted octanol–water partition coefficient (Wildman–Crippen LogP) is 0.132. The molecule has 11 heteroatoms. The van der Waals surface area contributed by atoms with Crippen molar-refractivity contribution in [3.05, 3.63) is 29.8 Å². The first kappa shape index (κ1) is 24.5. The third-order valence-electron chi connectivity index (χ3n) is 5.01. The summed E-state index contributed by atoms with van der Waals surface area (Å²) < 4.78 is 31.2. The van der Waals surface area contributed by atoms with E-state index >= 15 is 0 Å². The van der Waals surface area contributed by atoms with Crippen molar-refractivity contribution in [2.75, 3.05) is 39.8 Å². The third kappa shape index (κ3) is 6.11. The average molecular weight is 454 g/mol. The lowest BCUT2D eigenvalue weighted by Gasteiger charge is -2.35. The molecule has 2 rings (SSSR count). The van der Waals surface area contributed by atoms with Gasteiger partial charge in [-0.2, -0.15) is 4.31 Å². The minimum atomic E-state index is -3.98. The summed E-state index contributed by atoms with van der Waals surface area (Å²) in [6, 6.07) is 5.38. The molecule has 0 spiro atoms. The number of piperazine rings is 1. The van der Waals surface area contributed by atoms with Gasteiger partial charge in [0, 0.05) is 45.7 Å². The number of likely N-dealkylation sites (N-methyl/N-ethyl adjacent to an activating group) is 1. The predicted molar refractivity (Wildman–Crippen MR) is 111 cm³/mol. The van der Waals surface area contributed by atoms with Crippen LogP contribution in [0.5, 0.6) is 0 Å². The molecule has 1 atom stereocenters. The number of carbonyl (C=O) groups is 4. The largest absolute Gasteiger partial charge is 0.452 e. The zero-order valence-corrected chi connectivity index (χ0v) is 18.8. The number of carbonyl (C=O) groups excluding carboxylic acids is 4. The second-order valence-corrected chi connectivity index (χ2v) is 9.35. The van der Waals surface area contributed by atoms with Crippen LogP contribution in [0, 0.1) is 0 Å². The highest BCUT2D eigenvalue weighted by atomic mass is 32.2. The number of benzene rings is 1. The number of ketones is 1. The molecule has 31 heavy (non-hydrogen) atoms. The zero-order chi connectivity index (χ0) is 23.3. The van der Waals surface area contributed by atoms with Gasteiger partial charge in [-0.15, -0.1) is 0 Å². The molecule has 0 aromatic heterocycles.